The average molecular weight is 366 g/mol. The van der Waals surface area contributed by atoms with Gasteiger partial charge in [-0.15, -0.1) is 0 Å². The van der Waals surface area contributed by atoms with Crippen LogP contribution in [0.1, 0.15) is 22.3 Å². The molecule has 28 heavy (non-hydrogen) atoms. The number of hydrogen-bond acceptors (Lipinski definition) is 4. The van der Waals surface area contributed by atoms with Gasteiger partial charge < -0.3 is 20.1 Å². The van der Waals surface area contributed by atoms with Gasteiger partial charge in [0.1, 0.15) is 0 Å². The fraction of sp³-hybridized carbons (Fsp3) is 0. The highest BCUT2D eigenvalue weighted by Crippen LogP contribution is 2.04. The molecule has 6 heteroatoms. The normalized spacial score (nSPS) is 9.57. The molecule has 0 spiro atoms. The summed E-state index contributed by atoms with van der Waals surface area (Å²) in [6.45, 7) is 0. The fourth-order valence-corrected chi connectivity index (χ4v) is 2.40. The van der Waals surface area contributed by atoms with Crippen molar-refractivity contribution in [2.24, 2.45) is 0 Å². The van der Waals surface area contributed by atoms with E-state index in [-0.39, 0.29) is 0 Å². The summed E-state index contributed by atoms with van der Waals surface area (Å²) >= 11 is 0. The molecular weight excluding hydrogens is 350 g/mol. The molecule has 134 valence electrons. The highest BCUT2D eigenvalue weighted by atomic mass is 16.4. The van der Waals surface area contributed by atoms with Crippen LogP contribution in [0.2, 0.25) is 0 Å². The Bertz CT molecular complexity index is 962. The predicted octanol–water partition coefficient (Wildman–Crippen LogP) is -0.154. The zero-order valence-electron chi connectivity index (χ0n) is 14.9. The zero-order chi connectivity index (χ0) is 19.9. The van der Waals surface area contributed by atoms with E-state index >= 15 is 0 Å². The van der Waals surface area contributed by atoms with Crippen molar-refractivity contribution in [1.29, 1.82) is 0 Å². The van der Waals surface area contributed by atoms with E-state index in [4.69, 9.17) is 20.1 Å². The van der Waals surface area contributed by atoms with E-state index in [2.05, 4.69) is 23.7 Å². The Morgan fingerprint density at radius 1 is 0.393 bits per heavy atom. The maximum atomic E-state index is 9.09. The van der Waals surface area contributed by atoms with E-state index < -0.39 is 14.2 Å². The van der Waals surface area contributed by atoms with Crippen molar-refractivity contribution in [1.82, 2.24) is 0 Å². The van der Waals surface area contributed by atoms with Gasteiger partial charge >= 0.3 is 14.2 Å². The van der Waals surface area contributed by atoms with Crippen LogP contribution in [0.4, 0.5) is 0 Å². The largest absolute Gasteiger partial charge is 0.488 e. The van der Waals surface area contributed by atoms with Crippen molar-refractivity contribution in [3.05, 3.63) is 95.1 Å². The molecule has 0 saturated carbocycles. The third-order valence-electron chi connectivity index (χ3n) is 4.00. The summed E-state index contributed by atoms with van der Waals surface area (Å²) < 4.78 is 0. The molecular formula is C22H16B2O4. The van der Waals surface area contributed by atoms with Gasteiger partial charge in [0.05, 0.1) is 0 Å². The maximum Gasteiger partial charge on any atom is 0.488 e. The molecule has 3 rings (SSSR count). The molecule has 0 aliphatic carbocycles. The van der Waals surface area contributed by atoms with Crippen molar-refractivity contribution >= 4 is 25.2 Å². The molecule has 4 N–H and O–H groups in total. The molecule has 0 atom stereocenters. The Balaban J connectivity index is 1.67. The number of rotatable bonds is 2. The molecule has 0 aliphatic rings. The van der Waals surface area contributed by atoms with Crippen LogP contribution >= 0.6 is 0 Å². The van der Waals surface area contributed by atoms with Crippen LogP contribution < -0.4 is 10.9 Å². The minimum absolute atomic E-state index is 0.427. The number of benzene rings is 3. The summed E-state index contributed by atoms with van der Waals surface area (Å²) in [4.78, 5) is 0. The van der Waals surface area contributed by atoms with Crippen molar-refractivity contribution < 1.29 is 20.1 Å². The van der Waals surface area contributed by atoms with Gasteiger partial charge in [0.15, 0.2) is 0 Å². The molecule has 0 unspecified atom stereocenters. The molecule has 0 heterocycles. The maximum absolute atomic E-state index is 9.09. The first-order valence-electron chi connectivity index (χ1n) is 8.57. The molecule has 0 aromatic heterocycles. The molecule has 0 amide bonds. The topological polar surface area (TPSA) is 80.9 Å². The van der Waals surface area contributed by atoms with Gasteiger partial charge in [-0.2, -0.15) is 0 Å². The molecule has 3 aromatic rings. The summed E-state index contributed by atoms with van der Waals surface area (Å²) in [6.07, 6.45) is 0. The smallest absolute Gasteiger partial charge is 0.423 e. The molecule has 0 fully saturated rings. The highest BCUT2D eigenvalue weighted by Gasteiger charge is 2.09. The molecule has 4 nitrogen and oxygen atoms in total. The van der Waals surface area contributed by atoms with E-state index in [0.29, 0.717) is 10.9 Å². The molecule has 0 radical (unpaired) electrons. The second kappa shape index (κ2) is 9.10. The summed E-state index contributed by atoms with van der Waals surface area (Å²) in [5.74, 6) is 12.2. The third kappa shape index (κ3) is 5.37. The zero-order valence-corrected chi connectivity index (χ0v) is 14.9. The highest BCUT2D eigenvalue weighted by molar-refractivity contribution is 6.58. The Kier molecular flexibility index (Phi) is 6.34. The van der Waals surface area contributed by atoms with Crippen LogP contribution in [0, 0.1) is 23.7 Å². The van der Waals surface area contributed by atoms with Crippen LogP contribution in [0.15, 0.2) is 72.8 Å². The lowest BCUT2D eigenvalue weighted by atomic mass is 9.80. The van der Waals surface area contributed by atoms with Gasteiger partial charge in [0.2, 0.25) is 0 Å². The first kappa shape index (κ1) is 19.5. The summed E-state index contributed by atoms with van der Waals surface area (Å²) in [5.41, 5.74) is 4.11. The summed E-state index contributed by atoms with van der Waals surface area (Å²) in [6, 6.07) is 21.0. The SMILES string of the molecule is OB(O)c1ccc(C#Cc2ccc(C#Cc3ccc(B(O)O)cc3)cc2)cc1. The van der Waals surface area contributed by atoms with Crippen LogP contribution in [0.5, 0.6) is 0 Å². The van der Waals surface area contributed by atoms with E-state index in [1.54, 1.807) is 48.5 Å². The van der Waals surface area contributed by atoms with Crippen molar-refractivity contribution in [3.63, 3.8) is 0 Å². The molecule has 3 aromatic carbocycles. The lowest BCUT2D eigenvalue weighted by molar-refractivity contribution is 0.424. The third-order valence-corrected chi connectivity index (χ3v) is 4.00. The van der Waals surface area contributed by atoms with Crippen LogP contribution in [0.25, 0.3) is 0 Å². The standard InChI is InChI=1S/C22H16B2O4/c25-23(26)21-13-9-19(10-14-21)7-5-17-1-2-18(4-3-17)6-8-20-11-15-22(16-12-20)24(27)28/h1-4,9-16,25-28H. The quantitative estimate of drug-likeness (QED) is 0.376. The first-order chi connectivity index (χ1) is 13.5. The fourth-order valence-electron chi connectivity index (χ4n) is 2.40. The Morgan fingerprint density at radius 3 is 0.821 bits per heavy atom. The van der Waals surface area contributed by atoms with E-state index in [9.17, 15) is 0 Å². The van der Waals surface area contributed by atoms with Gasteiger partial charge in [-0.3, -0.25) is 0 Å². The summed E-state index contributed by atoms with van der Waals surface area (Å²) in [7, 11) is -2.95. The Morgan fingerprint density at radius 2 is 0.607 bits per heavy atom. The minimum atomic E-state index is -1.48. The minimum Gasteiger partial charge on any atom is -0.423 e. The Hall–Kier alpha value is -3.25. The van der Waals surface area contributed by atoms with Gasteiger partial charge in [-0.1, -0.05) is 47.9 Å². The summed E-state index contributed by atoms with van der Waals surface area (Å²) in [5, 5.41) is 36.3. The van der Waals surface area contributed by atoms with E-state index in [1.807, 2.05) is 24.3 Å². The van der Waals surface area contributed by atoms with Crippen LogP contribution in [-0.2, 0) is 0 Å². The Labute approximate surface area is 164 Å². The predicted molar refractivity (Wildman–Crippen MR) is 111 cm³/mol. The van der Waals surface area contributed by atoms with Gasteiger partial charge in [0, 0.05) is 22.3 Å². The lowest BCUT2D eigenvalue weighted by Crippen LogP contribution is -2.29. The number of hydrogen-bond donors (Lipinski definition) is 4. The monoisotopic (exact) mass is 366 g/mol. The lowest BCUT2D eigenvalue weighted by Gasteiger charge is -1.98. The van der Waals surface area contributed by atoms with Crippen LogP contribution in [0.3, 0.4) is 0 Å². The van der Waals surface area contributed by atoms with Gasteiger partial charge in [-0.25, -0.2) is 0 Å². The molecule has 0 saturated heterocycles. The molecule has 0 bridgehead atoms. The second-order valence-corrected chi connectivity index (χ2v) is 6.07. The van der Waals surface area contributed by atoms with Gasteiger partial charge in [0.25, 0.3) is 0 Å². The van der Waals surface area contributed by atoms with Crippen molar-refractivity contribution in [3.8, 4) is 23.7 Å². The van der Waals surface area contributed by atoms with E-state index in [1.165, 1.54) is 0 Å². The van der Waals surface area contributed by atoms with Crippen molar-refractivity contribution in [2.45, 2.75) is 0 Å². The molecule has 0 aliphatic heterocycles. The van der Waals surface area contributed by atoms with Crippen LogP contribution in [-0.4, -0.2) is 34.3 Å². The van der Waals surface area contributed by atoms with Crippen molar-refractivity contribution in [2.75, 3.05) is 0 Å². The van der Waals surface area contributed by atoms with E-state index in [0.717, 1.165) is 22.3 Å². The first-order valence-corrected chi connectivity index (χ1v) is 8.57. The van der Waals surface area contributed by atoms with Gasteiger partial charge in [-0.05, 0) is 59.5 Å². The second-order valence-electron chi connectivity index (χ2n) is 6.07. The average Bonchev–Trinajstić information content (AvgIpc) is 2.72.